The van der Waals surface area contributed by atoms with Gasteiger partial charge >= 0.3 is 0 Å². The van der Waals surface area contributed by atoms with Gasteiger partial charge in [-0.25, -0.2) is 9.97 Å². The molecule has 0 bridgehead atoms. The van der Waals surface area contributed by atoms with Crippen LogP contribution in [0.25, 0.3) is 11.3 Å². The summed E-state index contributed by atoms with van der Waals surface area (Å²) < 4.78 is 5.54. The van der Waals surface area contributed by atoms with E-state index in [4.69, 9.17) is 9.72 Å². The predicted octanol–water partition coefficient (Wildman–Crippen LogP) is 4.56. The molecule has 0 saturated carbocycles. The summed E-state index contributed by atoms with van der Waals surface area (Å²) in [5.41, 5.74) is 2.60. The molecule has 1 amide bonds. The predicted molar refractivity (Wildman–Crippen MR) is 136 cm³/mol. The molecule has 1 aromatic carbocycles. The molecule has 7 nitrogen and oxygen atoms in total. The molecule has 0 spiro atoms. The molecule has 1 atom stereocenters. The number of piperidine rings is 2. The lowest BCUT2D eigenvalue weighted by Crippen LogP contribution is -2.51. The fourth-order valence-corrected chi connectivity index (χ4v) is 5.34. The van der Waals surface area contributed by atoms with Gasteiger partial charge in [-0.15, -0.1) is 0 Å². The minimum Gasteiger partial charge on any atom is -0.496 e. The number of hydrogen-bond donors (Lipinski definition) is 0. The van der Waals surface area contributed by atoms with Crippen LogP contribution in [0.1, 0.15) is 44.2 Å². The number of aromatic nitrogens is 3. The van der Waals surface area contributed by atoms with Crippen molar-refractivity contribution in [3.63, 3.8) is 0 Å². The van der Waals surface area contributed by atoms with Crippen molar-refractivity contribution >= 4 is 11.9 Å². The number of pyridine rings is 1. The van der Waals surface area contributed by atoms with Crippen molar-refractivity contribution in [2.45, 2.75) is 38.5 Å². The van der Waals surface area contributed by atoms with Crippen LogP contribution in [0.3, 0.4) is 0 Å². The van der Waals surface area contributed by atoms with Gasteiger partial charge in [0.15, 0.2) is 0 Å². The average molecular weight is 472 g/mol. The Labute approximate surface area is 207 Å². The Balaban J connectivity index is 1.28. The molecule has 2 fully saturated rings. The highest BCUT2D eigenvalue weighted by Crippen LogP contribution is 2.37. The maximum atomic E-state index is 13.7. The third-order valence-electron chi connectivity index (χ3n) is 7.50. The summed E-state index contributed by atoms with van der Waals surface area (Å²) in [4.78, 5) is 31.7. The molecule has 2 saturated heterocycles. The number of hydrogen-bond acceptors (Lipinski definition) is 6. The zero-order valence-corrected chi connectivity index (χ0v) is 20.6. The van der Waals surface area contributed by atoms with Gasteiger partial charge < -0.3 is 14.5 Å². The van der Waals surface area contributed by atoms with Gasteiger partial charge in [-0.05, 0) is 56.0 Å². The SMILES string of the molecule is COc1ccccc1-c1cccc([C@H]2CCCN(C(=O)C3(C)CCN(c4ncccn4)CC3)C2)n1. The van der Waals surface area contributed by atoms with Crippen molar-refractivity contribution in [1.29, 1.82) is 0 Å². The Hall–Kier alpha value is -3.48. The van der Waals surface area contributed by atoms with E-state index < -0.39 is 0 Å². The van der Waals surface area contributed by atoms with Gasteiger partial charge in [0.25, 0.3) is 0 Å². The lowest BCUT2D eigenvalue weighted by molar-refractivity contribution is -0.143. The quantitative estimate of drug-likeness (QED) is 0.543. The first-order valence-electron chi connectivity index (χ1n) is 12.5. The second-order valence-corrected chi connectivity index (χ2v) is 9.83. The Morgan fingerprint density at radius 2 is 1.77 bits per heavy atom. The lowest BCUT2D eigenvalue weighted by Gasteiger charge is -2.43. The fraction of sp³-hybridized carbons (Fsp3) is 0.429. The lowest BCUT2D eigenvalue weighted by atomic mass is 9.78. The second-order valence-electron chi connectivity index (χ2n) is 9.83. The summed E-state index contributed by atoms with van der Waals surface area (Å²) in [6.45, 7) is 5.27. The molecule has 35 heavy (non-hydrogen) atoms. The van der Waals surface area contributed by atoms with Gasteiger partial charge in [0.1, 0.15) is 5.75 Å². The monoisotopic (exact) mass is 471 g/mol. The third kappa shape index (κ3) is 4.85. The normalized spacial score (nSPS) is 19.9. The van der Waals surface area contributed by atoms with Crippen molar-refractivity contribution < 1.29 is 9.53 Å². The van der Waals surface area contributed by atoms with Crippen LogP contribution in [-0.2, 0) is 4.79 Å². The van der Waals surface area contributed by atoms with Crippen LogP contribution in [0.2, 0.25) is 0 Å². The molecule has 4 heterocycles. The number of benzene rings is 1. The molecule has 0 N–H and O–H groups in total. The highest BCUT2D eigenvalue weighted by Gasteiger charge is 2.41. The first-order chi connectivity index (χ1) is 17.1. The highest BCUT2D eigenvalue weighted by atomic mass is 16.5. The highest BCUT2D eigenvalue weighted by molar-refractivity contribution is 5.83. The first kappa shape index (κ1) is 23.3. The number of carbonyl (C=O) groups excluding carboxylic acids is 1. The smallest absolute Gasteiger partial charge is 0.228 e. The van der Waals surface area contributed by atoms with Crippen LogP contribution in [0.5, 0.6) is 5.75 Å². The van der Waals surface area contributed by atoms with Gasteiger partial charge in [-0.2, -0.15) is 0 Å². The number of ether oxygens (including phenoxy) is 1. The molecule has 7 heteroatoms. The van der Waals surface area contributed by atoms with E-state index in [9.17, 15) is 4.79 Å². The van der Waals surface area contributed by atoms with Gasteiger partial charge in [0.2, 0.25) is 11.9 Å². The topological polar surface area (TPSA) is 71.5 Å². The van der Waals surface area contributed by atoms with E-state index in [1.165, 1.54) is 0 Å². The number of methoxy groups -OCH3 is 1. The second kappa shape index (κ2) is 10.0. The number of likely N-dealkylation sites (tertiary alicyclic amines) is 1. The van der Waals surface area contributed by atoms with Gasteiger partial charge in [-0.3, -0.25) is 9.78 Å². The molecule has 3 aromatic rings. The Morgan fingerprint density at radius 1 is 1.00 bits per heavy atom. The summed E-state index contributed by atoms with van der Waals surface area (Å²) in [5.74, 6) is 2.08. The summed E-state index contributed by atoms with van der Waals surface area (Å²) >= 11 is 0. The van der Waals surface area contributed by atoms with Crippen LogP contribution in [0, 0.1) is 5.41 Å². The van der Waals surface area contributed by atoms with Crippen molar-refractivity contribution in [3.8, 4) is 17.0 Å². The third-order valence-corrected chi connectivity index (χ3v) is 7.50. The van der Waals surface area contributed by atoms with E-state index >= 15 is 0 Å². The summed E-state index contributed by atoms with van der Waals surface area (Å²) in [6.07, 6.45) is 7.21. The Morgan fingerprint density at radius 3 is 2.54 bits per heavy atom. The standard InChI is InChI=1S/C28H33N5O2/c1-28(13-18-32(19-14-28)27-29-15-7-16-30-27)26(34)33-17-6-8-21(20-33)23-10-5-11-24(31-23)22-9-3-4-12-25(22)35-2/h3-5,7,9-12,15-16,21H,6,8,13-14,17-20H2,1-2H3/t21-/m0/s1. The van der Waals surface area contributed by atoms with Gasteiger partial charge in [0.05, 0.1) is 12.8 Å². The van der Waals surface area contributed by atoms with Crippen LogP contribution < -0.4 is 9.64 Å². The van der Waals surface area contributed by atoms with Crippen LogP contribution in [0.15, 0.2) is 60.9 Å². The molecule has 5 rings (SSSR count). The largest absolute Gasteiger partial charge is 0.496 e. The molecule has 2 aromatic heterocycles. The van der Waals surface area contributed by atoms with Gasteiger partial charge in [0, 0.05) is 61.2 Å². The average Bonchev–Trinajstić information content (AvgIpc) is 2.93. The van der Waals surface area contributed by atoms with E-state index in [1.54, 1.807) is 19.5 Å². The van der Waals surface area contributed by atoms with Crippen LogP contribution in [0.4, 0.5) is 5.95 Å². The van der Waals surface area contributed by atoms with Crippen molar-refractivity contribution in [1.82, 2.24) is 19.9 Å². The van der Waals surface area contributed by atoms with Crippen LogP contribution >= 0.6 is 0 Å². The van der Waals surface area contributed by atoms with E-state index in [0.29, 0.717) is 0 Å². The van der Waals surface area contributed by atoms with E-state index in [0.717, 1.165) is 80.5 Å². The summed E-state index contributed by atoms with van der Waals surface area (Å²) in [7, 11) is 1.69. The Bertz CT molecular complexity index is 1160. The van der Waals surface area contributed by atoms with Crippen molar-refractivity contribution in [2.75, 3.05) is 38.2 Å². The molecule has 2 aliphatic rings. The number of amides is 1. The van der Waals surface area contributed by atoms with Crippen molar-refractivity contribution in [3.05, 3.63) is 66.6 Å². The number of nitrogens with zero attached hydrogens (tertiary/aromatic N) is 5. The molecule has 0 aliphatic carbocycles. The number of rotatable bonds is 5. The molecular formula is C28H33N5O2. The number of para-hydroxylation sites is 1. The Kier molecular flexibility index (Phi) is 6.66. The minimum atomic E-state index is -0.347. The molecule has 182 valence electrons. The molecule has 2 aliphatic heterocycles. The summed E-state index contributed by atoms with van der Waals surface area (Å²) in [6, 6.07) is 16.0. The number of carbonyl (C=O) groups is 1. The zero-order valence-electron chi connectivity index (χ0n) is 20.6. The summed E-state index contributed by atoms with van der Waals surface area (Å²) in [5, 5.41) is 0. The van der Waals surface area contributed by atoms with Crippen molar-refractivity contribution in [2.24, 2.45) is 5.41 Å². The number of anilines is 1. The maximum Gasteiger partial charge on any atom is 0.228 e. The van der Waals surface area contributed by atoms with Gasteiger partial charge in [-0.1, -0.05) is 25.1 Å². The molecular weight excluding hydrogens is 438 g/mol. The first-order valence-corrected chi connectivity index (χ1v) is 12.5. The zero-order chi connectivity index (χ0) is 24.3. The minimum absolute atomic E-state index is 0.240. The fourth-order valence-electron chi connectivity index (χ4n) is 5.34. The maximum absolute atomic E-state index is 13.7. The van der Waals surface area contributed by atoms with Crippen LogP contribution in [-0.4, -0.2) is 59.0 Å². The van der Waals surface area contributed by atoms with E-state index in [-0.39, 0.29) is 17.2 Å². The molecule has 0 radical (unpaired) electrons. The van der Waals surface area contributed by atoms with E-state index in [1.807, 2.05) is 36.4 Å². The van der Waals surface area contributed by atoms with E-state index in [2.05, 4.69) is 38.8 Å². The molecule has 0 unspecified atom stereocenters.